The van der Waals surface area contributed by atoms with Crippen molar-refractivity contribution in [1.29, 1.82) is 0 Å². The molecule has 116 valence electrons. The Bertz CT molecular complexity index is 520. The van der Waals surface area contributed by atoms with E-state index in [4.69, 9.17) is 14.2 Å². The topological polar surface area (TPSA) is 87.9 Å². The minimum atomic E-state index is -0.549. The highest BCUT2D eigenvalue weighted by Gasteiger charge is 2.20. The summed E-state index contributed by atoms with van der Waals surface area (Å²) in [7, 11) is 2.82. The van der Waals surface area contributed by atoms with E-state index in [1.54, 1.807) is 0 Å². The number of methoxy groups -OCH3 is 2. The van der Waals surface area contributed by atoms with Gasteiger partial charge in [-0.15, -0.1) is 0 Å². The number of nitro benzene ring substituents is 1. The molecule has 0 aliphatic heterocycles. The molecule has 0 saturated carbocycles. The summed E-state index contributed by atoms with van der Waals surface area (Å²) < 4.78 is 15.2. The fraction of sp³-hybridized carbons (Fsp3) is 0.462. The Morgan fingerprint density at radius 2 is 1.90 bits per heavy atom. The molecule has 7 nitrogen and oxygen atoms in total. The molecule has 0 aromatic heterocycles. The zero-order chi connectivity index (χ0) is 15.8. The normalized spacial score (nSPS) is 10.0. The summed E-state index contributed by atoms with van der Waals surface area (Å²) in [5.41, 5.74) is 0.0838. The summed E-state index contributed by atoms with van der Waals surface area (Å²) in [5.74, 6) is 0.848. The smallest absolute Gasteiger partial charge is 0.306 e. The van der Waals surface area contributed by atoms with E-state index in [9.17, 15) is 14.9 Å². The van der Waals surface area contributed by atoms with Crippen molar-refractivity contribution in [2.75, 3.05) is 26.2 Å². The van der Waals surface area contributed by atoms with Crippen molar-refractivity contribution < 1.29 is 23.9 Å². The van der Waals surface area contributed by atoms with Crippen molar-refractivity contribution in [3.63, 3.8) is 0 Å². The molecular weight excluding hydrogens is 298 g/mol. The van der Waals surface area contributed by atoms with Gasteiger partial charge >= 0.3 is 5.97 Å². The molecule has 8 heteroatoms. The lowest BCUT2D eigenvalue weighted by Crippen LogP contribution is -2.07. The summed E-state index contributed by atoms with van der Waals surface area (Å²) in [4.78, 5) is 22.0. The number of hydrogen-bond acceptors (Lipinski definition) is 7. The van der Waals surface area contributed by atoms with Crippen LogP contribution in [0.2, 0.25) is 0 Å². The predicted molar refractivity (Wildman–Crippen MR) is 79.0 cm³/mol. The van der Waals surface area contributed by atoms with Crippen molar-refractivity contribution >= 4 is 23.4 Å². The Morgan fingerprint density at radius 1 is 1.29 bits per heavy atom. The molecule has 0 radical (unpaired) electrons. The van der Waals surface area contributed by atoms with Crippen LogP contribution in [0, 0.1) is 10.1 Å². The third-order valence-corrected chi connectivity index (χ3v) is 3.29. The molecule has 0 bridgehead atoms. The number of thioether (sulfide) groups is 1. The maximum atomic E-state index is 11.5. The van der Waals surface area contributed by atoms with Gasteiger partial charge in [-0.05, 0) is 12.3 Å². The largest absolute Gasteiger partial charge is 0.493 e. The highest BCUT2D eigenvalue weighted by atomic mass is 32.2. The van der Waals surface area contributed by atoms with Crippen molar-refractivity contribution in [3.8, 4) is 11.5 Å². The minimum absolute atomic E-state index is 0.176. The van der Waals surface area contributed by atoms with Crippen LogP contribution in [-0.2, 0) is 16.1 Å². The van der Waals surface area contributed by atoms with Gasteiger partial charge in [0.25, 0.3) is 5.69 Å². The molecule has 1 rings (SSSR count). The van der Waals surface area contributed by atoms with Crippen LogP contribution in [0.15, 0.2) is 12.1 Å². The zero-order valence-electron chi connectivity index (χ0n) is 12.1. The number of esters is 1. The Labute approximate surface area is 126 Å². The van der Waals surface area contributed by atoms with Crippen LogP contribution in [0.4, 0.5) is 5.69 Å². The number of carbonyl (C=O) groups is 1. The first kappa shape index (κ1) is 17.1. The maximum Gasteiger partial charge on any atom is 0.306 e. The average molecular weight is 315 g/mol. The van der Waals surface area contributed by atoms with Crippen LogP contribution in [0.1, 0.15) is 12.0 Å². The fourth-order valence-corrected chi connectivity index (χ4v) is 1.98. The van der Waals surface area contributed by atoms with E-state index >= 15 is 0 Å². The summed E-state index contributed by atoms with van der Waals surface area (Å²) in [6, 6.07) is 2.70. The third-order valence-electron chi connectivity index (χ3n) is 2.68. The summed E-state index contributed by atoms with van der Waals surface area (Å²) >= 11 is 1.53. The molecule has 21 heavy (non-hydrogen) atoms. The second kappa shape index (κ2) is 8.35. The van der Waals surface area contributed by atoms with Gasteiger partial charge in [0, 0.05) is 5.75 Å². The van der Waals surface area contributed by atoms with Crippen LogP contribution in [0.3, 0.4) is 0 Å². The lowest BCUT2D eigenvalue weighted by Gasteiger charge is -2.11. The molecule has 0 heterocycles. The van der Waals surface area contributed by atoms with Gasteiger partial charge in [-0.25, -0.2) is 0 Å². The van der Waals surface area contributed by atoms with E-state index in [1.807, 2.05) is 6.26 Å². The van der Waals surface area contributed by atoms with E-state index in [-0.39, 0.29) is 30.0 Å². The highest BCUT2D eigenvalue weighted by Crippen LogP contribution is 2.34. The summed E-state index contributed by atoms with van der Waals surface area (Å²) in [5, 5.41) is 11.1. The number of hydrogen-bond donors (Lipinski definition) is 0. The Morgan fingerprint density at radius 3 is 2.43 bits per heavy atom. The first-order chi connectivity index (χ1) is 10.0. The molecule has 0 N–H and O–H groups in total. The Kier molecular flexibility index (Phi) is 6.80. The Hall–Kier alpha value is -1.96. The number of ether oxygens (including phenoxy) is 3. The number of rotatable bonds is 8. The molecule has 0 aliphatic carbocycles. The number of nitro groups is 1. The number of carbonyl (C=O) groups excluding carboxylic acids is 1. The summed E-state index contributed by atoms with van der Waals surface area (Å²) in [6.45, 7) is -0.177. The van der Waals surface area contributed by atoms with Crippen molar-refractivity contribution in [2.45, 2.75) is 13.0 Å². The lowest BCUT2D eigenvalue weighted by atomic mass is 10.1. The predicted octanol–water partition coefficient (Wildman–Crippen LogP) is 2.41. The minimum Gasteiger partial charge on any atom is -0.493 e. The van der Waals surface area contributed by atoms with Gasteiger partial charge in [-0.1, -0.05) is 0 Å². The molecule has 0 amide bonds. The van der Waals surface area contributed by atoms with Crippen molar-refractivity contribution in [3.05, 3.63) is 27.8 Å². The van der Waals surface area contributed by atoms with E-state index in [0.717, 1.165) is 0 Å². The second-order valence-corrected chi connectivity index (χ2v) is 4.98. The van der Waals surface area contributed by atoms with Crippen molar-refractivity contribution in [2.24, 2.45) is 0 Å². The maximum absolute atomic E-state index is 11.5. The molecule has 0 fully saturated rings. The Balaban J connectivity index is 2.93. The fourth-order valence-electron chi connectivity index (χ4n) is 1.61. The van der Waals surface area contributed by atoms with Gasteiger partial charge < -0.3 is 14.2 Å². The zero-order valence-corrected chi connectivity index (χ0v) is 12.9. The quantitative estimate of drug-likeness (QED) is 0.413. The SMILES string of the molecule is COc1cc(COC(=O)CCSC)c([N+](=O)[O-])cc1OC. The van der Waals surface area contributed by atoms with Crippen LogP contribution in [0.5, 0.6) is 11.5 Å². The number of benzene rings is 1. The molecule has 0 aliphatic rings. The van der Waals surface area contributed by atoms with E-state index in [2.05, 4.69) is 0 Å². The van der Waals surface area contributed by atoms with E-state index in [0.29, 0.717) is 11.5 Å². The van der Waals surface area contributed by atoms with E-state index < -0.39 is 10.9 Å². The molecule has 1 aromatic carbocycles. The molecule has 0 atom stereocenters. The van der Waals surface area contributed by atoms with Gasteiger partial charge in [-0.2, -0.15) is 11.8 Å². The van der Waals surface area contributed by atoms with E-state index in [1.165, 1.54) is 38.1 Å². The van der Waals surface area contributed by atoms with Gasteiger partial charge in [-0.3, -0.25) is 14.9 Å². The lowest BCUT2D eigenvalue weighted by molar-refractivity contribution is -0.385. The van der Waals surface area contributed by atoms with Crippen LogP contribution < -0.4 is 9.47 Å². The molecule has 0 saturated heterocycles. The highest BCUT2D eigenvalue weighted by molar-refractivity contribution is 7.98. The number of nitrogens with zero attached hydrogens (tertiary/aromatic N) is 1. The molecule has 0 unspecified atom stereocenters. The third kappa shape index (κ3) is 4.82. The van der Waals surface area contributed by atoms with Gasteiger partial charge in [0.05, 0.1) is 37.2 Å². The molecule has 0 spiro atoms. The van der Waals surface area contributed by atoms with Gasteiger partial charge in [0.2, 0.25) is 0 Å². The monoisotopic (exact) mass is 315 g/mol. The van der Waals surface area contributed by atoms with Gasteiger partial charge in [0.1, 0.15) is 6.61 Å². The summed E-state index contributed by atoms with van der Waals surface area (Å²) in [6.07, 6.45) is 2.15. The van der Waals surface area contributed by atoms with Crippen molar-refractivity contribution in [1.82, 2.24) is 0 Å². The van der Waals surface area contributed by atoms with Crippen LogP contribution in [-0.4, -0.2) is 37.1 Å². The standard InChI is InChI=1S/C13H17NO6S/c1-18-11-6-9(8-20-13(15)4-5-21-3)10(14(16)17)7-12(11)19-2/h6-7H,4-5,8H2,1-3H3. The molecular formula is C13H17NO6S. The van der Waals surface area contributed by atoms with Gasteiger partial charge in [0.15, 0.2) is 11.5 Å². The molecule has 1 aromatic rings. The first-order valence-corrected chi connectivity index (χ1v) is 7.46. The van der Waals surface area contributed by atoms with Crippen LogP contribution in [0.25, 0.3) is 0 Å². The van der Waals surface area contributed by atoms with Crippen LogP contribution >= 0.6 is 11.8 Å². The second-order valence-electron chi connectivity index (χ2n) is 4.00. The average Bonchev–Trinajstić information content (AvgIpc) is 2.49. The first-order valence-electron chi connectivity index (χ1n) is 6.07.